The summed E-state index contributed by atoms with van der Waals surface area (Å²) >= 11 is 0. The van der Waals surface area contributed by atoms with Crippen molar-refractivity contribution in [1.82, 2.24) is 10.6 Å². The number of hydrogen-bond acceptors (Lipinski definition) is 5. The Hall–Kier alpha value is -3.95. The maximum atomic E-state index is 13.1. The van der Waals surface area contributed by atoms with Gasteiger partial charge in [0.15, 0.2) is 0 Å². The third-order valence-corrected chi connectivity index (χ3v) is 4.10. The molecule has 2 aromatic carbocycles. The standard InChI is InChI=1S/C20H19FN2O7/c21-13-5-3-12(4-6-13)18(27)22-15(9-11-1-7-14(24)8-2-11)19(28)23-16(20(29)30)10-17(25)26/h1-8,15-16,24H,9-10H2,(H,22,27)(H,23,28)(H,25,26)(H,29,30)/t15-,16-/m0/s1. The molecule has 9 nitrogen and oxygen atoms in total. The number of aliphatic carboxylic acids is 2. The largest absolute Gasteiger partial charge is 0.508 e. The van der Waals surface area contributed by atoms with Crippen LogP contribution in [0.2, 0.25) is 0 Å². The van der Waals surface area contributed by atoms with Crippen molar-refractivity contribution >= 4 is 23.8 Å². The van der Waals surface area contributed by atoms with Crippen molar-refractivity contribution in [3.8, 4) is 5.75 Å². The second-order valence-electron chi connectivity index (χ2n) is 6.40. The number of carboxylic acids is 2. The van der Waals surface area contributed by atoms with Crippen molar-refractivity contribution in [1.29, 1.82) is 0 Å². The van der Waals surface area contributed by atoms with Crippen LogP contribution < -0.4 is 10.6 Å². The Kier molecular flexibility index (Phi) is 7.45. The summed E-state index contributed by atoms with van der Waals surface area (Å²) in [7, 11) is 0. The molecule has 0 spiro atoms. The zero-order chi connectivity index (χ0) is 22.3. The molecule has 0 radical (unpaired) electrons. The molecule has 0 saturated heterocycles. The second kappa shape index (κ2) is 10.0. The minimum Gasteiger partial charge on any atom is -0.508 e. The summed E-state index contributed by atoms with van der Waals surface area (Å²) in [5, 5.41) is 31.9. The molecule has 2 aromatic rings. The first-order valence-electron chi connectivity index (χ1n) is 8.75. The van der Waals surface area contributed by atoms with Gasteiger partial charge in [-0.05, 0) is 42.0 Å². The molecule has 0 unspecified atom stereocenters. The number of halogens is 1. The van der Waals surface area contributed by atoms with E-state index >= 15 is 0 Å². The SMILES string of the molecule is O=C(O)C[C@H](NC(=O)[C@H](Cc1ccc(O)cc1)NC(=O)c1ccc(F)cc1)C(=O)O. The molecule has 0 aliphatic rings. The van der Waals surface area contributed by atoms with Crippen LogP contribution in [-0.4, -0.2) is 51.2 Å². The fourth-order valence-electron chi connectivity index (χ4n) is 2.57. The van der Waals surface area contributed by atoms with Crippen molar-refractivity contribution in [3.05, 3.63) is 65.5 Å². The molecule has 2 amide bonds. The summed E-state index contributed by atoms with van der Waals surface area (Å²) < 4.78 is 13.1. The molecule has 5 N–H and O–H groups in total. The number of phenolic OH excluding ortho intramolecular Hbond substituents is 1. The van der Waals surface area contributed by atoms with Gasteiger partial charge < -0.3 is 26.0 Å². The van der Waals surface area contributed by atoms with Crippen LogP contribution in [0.4, 0.5) is 4.39 Å². The van der Waals surface area contributed by atoms with Crippen molar-refractivity contribution in [2.75, 3.05) is 0 Å². The van der Waals surface area contributed by atoms with Gasteiger partial charge in [0.1, 0.15) is 23.7 Å². The lowest BCUT2D eigenvalue weighted by molar-refractivity contribution is -0.147. The van der Waals surface area contributed by atoms with E-state index in [4.69, 9.17) is 10.2 Å². The number of rotatable bonds is 9. The Morgan fingerprint density at radius 3 is 2.00 bits per heavy atom. The zero-order valence-corrected chi connectivity index (χ0v) is 15.5. The summed E-state index contributed by atoms with van der Waals surface area (Å²) in [6.07, 6.45) is -0.919. The molecule has 0 saturated carbocycles. The molecule has 0 heterocycles. The van der Waals surface area contributed by atoms with Gasteiger partial charge in [-0.25, -0.2) is 9.18 Å². The Bertz CT molecular complexity index is 929. The van der Waals surface area contributed by atoms with E-state index in [-0.39, 0.29) is 17.7 Å². The van der Waals surface area contributed by atoms with Gasteiger partial charge in [0.25, 0.3) is 5.91 Å². The van der Waals surface area contributed by atoms with Crippen LogP contribution in [0.5, 0.6) is 5.75 Å². The lowest BCUT2D eigenvalue weighted by Gasteiger charge is -2.21. The monoisotopic (exact) mass is 418 g/mol. The van der Waals surface area contributed by atoms with E-state index in [1.165, 1.54) is 36.4 Å². The van der Waals surface area contributed by atoms with Gasteiger partial charge in [0.2, 0.25) is 5.91 Å². The van der Waals surface area contributed by atoms with Crippen LogP contribution in [0.1, 0.15) is 22.3 Å². The number of aromatic hydroxyl groups is 1. The van der Waals surface area contributed by atoms with Gasteiger partial charge in [0.05, 0.1) is 6.42 Å². The van der Waals surface area contributed by atoms with E-state index in [1.807, 2.05) is 0 Å². The molecule has 0 aliphatic carbocycles. The molecule has 0 aromatic heterocycles. The highest BCUT2D eigenvalue weighted by Gasteiger charge is 2.28. The third-order valence-electron chi connectivity index (χ3n) is 4.10. The highest BCUT2D eigenvalue weighted by Crippen LogP contribution is 2.12. The molecule has 0 aliphatic heterocycles. The number of nitrogens with one attached hydrogen (secondary N) is 2. The molecule has 10 heteroatoms. The second-order valence-corrected chi connectivity index (χ2v) is 6.40. The third kappa shape index (κ3) is 6.59. The highest BCUT2D eigenvalue weighted by atomic mass is 19.1. The lowest BCUT2D eigenvalue weighted by Crippen LogP contribution is -2.53. The smallest absolute Gasteiger partial charge is 0.326 e. The van der Waals surface area contributed by atoms with E-state index in [9.17, 15) is 28.7 Å². The van der Waals surface area contributed by atoms with Crippen molar-refractivity contribution in [2.45, 2.75) is 24.9 Å². The zero-order valence-electron chi connectivity index (χ0n) is 15.5. The van der Waals surface area contributed by atoms with Gasteiger partial charge >= 0.3 is 11.9 Å². The number of amides is 2. The number of phenols is 1. The molecular weight excluding hydrogens is 399 g/mol. The summed E-state index contributed by atoms with van der Waals surface area (Å²) in [6, 6.07) is 7.36. The van der Waals surface area contributed by atoms with Crippen molar-refractivity contribution < 1.29 is 38.9 Å². The van der Waals surface area contributed by atoms with Crippen molar-refractivity contribution in [3.63, 3.8) is 0 Å². The Morgan fingerprint density at radius 2 is 1.47 bits per heavy atom. The summed E-state index contributed by atoms with van der Waals surface area (Å²) in [6.45, 7) is 0. The van der Waals surface area contributed by atoms with Gasteiger partial charge in [-0.3, -0.25) is 14.4 Å². The molecule has 30 heavy (non-hydrogen) atoms. The first-order chi connectivity index (χ1) is 14.2. The quantitative estimate of drug-likeness (QED) is 0.406. The van der Waals surface area contributed by atoms with Gasteiger partial charge in [0, 0.05) is 12.0 Å². The van der Waals surface area contributed by atoms with Gasteiger partial charge in [-0.15, -0.1) is 0 Å². The van der Waals surface area contributed by atoms with Gasteiger partial charge in [-0.1, -0.05) is 12.1 Å². The van der Waals surface area contributed by atoms with Crippen LogP contribution in [0.25, 0.3) is 0 Å². The summed E-state index contributed by atoms with van der Waals surface area (Å²) in [5.74, 6) is -5.15. The van der Waals surface area contributed by atoms with Crippen LogP contribution >= 0.6 is 0 Å². The van der Waals surface area contributed by atoms with E-state index in [2.05, 4.69) is 10.6 Å². The number of carboxylic acid groups (broad SMARTS) is 2. The average Bonchev–Trinajstić information content (AvgIpc) is 2.68. The van der Waals surface area contributed by atoms with E-state index in [0.717, 1.165) is 12.1 Å². The molecule has 158 valence electrons. The highest BCUT2D eigenvalue weighted by molar-refractivity contribution is 5.98. The topological polar surface area (TPSA) is 153 Å². The van der Waals surface area contributed by atoms with Crippen LogP contribution in [0.15, 0.2) is 48.5 Å². The number of benzene rings is 2. The van der Waals surface area contributed by atoms with Crippen LogP contribution in [-0.2, 0) is 20.8 Å². The first-order valence-corrected chi connectivity index (χ1v) is 8.75. The van der Waals surface area contributed by atoms with Crippen molar-refractivity contribution in [2.24, 2.45) is 0 Å². The van der Waals surface area contributed by atoms with E-state index in [1.54, 1.807) is 0 Å². The van der Waals surface area contributed by atoms with Gasteiger partial charge in [-0.2, -0.15) is 0 Å². The average molecular weight is 418 g/mol. The Labute approximate surface area is 170 Å². The minimum absolute atomic E-state index is 0.0116. The minimum atomic E-state index is -1.69. The Morgan fingerprint density at radius 1 is 0.867 bits per heavy atom. The molecule has 2 atom stereocenters. The lowest BCUT2D eigenvalue weighted by atomic mass is 10.0. The Balaban J connectivity index is 2.22. The van der Waals surface area contributed by atoms with Crippen LogP contribution in [0.3, 0.4) is 0 Å². The number of carbonyl (C=O) groups excluding carboxylic acids is 2. The molecule has 2 rings (SSSR count). The predicted octanol–water partition coefficient (Wildman–Crippen LogP) is 0.916. The van der Waals surface area contributed by atoms with Crippen LogP contribution in [0, 0.1) is 5.82 Å². The normalized spacial score (nSPS) is 12.4. The predicted molar refractivity (Wildman–Crippen MR) is 101 cm³/mol. The molecule has 0 bridgehead atoms. The number of hydrogen-bond donors (Lipinski definition) is 5. The molecular formula is C20H19FN2O7. The number of carbonyl (C=O) groups is 4. The first kappa shape index (κ1) is 22.3. The fraction of sp³-hybridized carbons (Fsp3) is 0.200. The fourth-order valence-corrected chi connectivity index (χ4v) is 2.57. The maximum Gasteiger partial charge on any atom is 0.326 e. The molecule has 0 fully saturated rings. The summed E-state index contributed by atoms with van der Waals surface area (Å²) in [4.78, 5) is 47.2. The summed E-state index contributed by atoms with van der Waals surface area (Å²) in [5.41, 5.74) is 0.609. The maximum absolute atomic E-state index is 13.1. The van der Waals surface area contributed by atoms with E-state index < -0.39 is 48.1 Å². The van der Waals surface area contributed by atoms with E-state index in [0.29, 0.717) is 5.56 Å².